The van der Waals surface area contributed by atoms with Crippen molar-refractivity contribution < 1.29 is 39.8 Å². The van der Waals surface area contributed by atoms with Crippen LogP contribution in [-0.2, 0) is 14.3 Å². The van der Waals surface area contributed by atoms with Crippen molar-refractivity contribution in [2.45, 2.75) is 301 Å². The van der Waals surface area contributed by atoms with E-state index in [4.69, 9.17) is 9.47 Å². The third-order valence-corrected chi connectivity index (χ3v) is 14.7. The molecule has 1 fully saturated rings. The van der Waals surface area contributed by atoms with Gasteiger partial charge in [0.1, 0.15) is 24.4 Å². The van der Waals surface area contributed by atoms with Gasteiger partial charge in [-0.15, -0.1) is 0 Å². The summed E-state index contributed by atoms with van der Waals surface area (Å²) in [5.41, 5.74) is 0. The van der Waals surface area contributed by atoms with Gasteiger partial charge in [-0.1, -0.05) is 289 Å². The average molecular weight is 1130 g/mol. The Morgan fingerprint density at radius 2 is 0.765 bits per heavy atom. The second-order valence-corrected chi connectivity index (χ2v) is 22.2. The van der Waals surface area contributed by atoms with E-state index in [0.717, 1.165) is 96.3 Å². The number of aliphatic hydroxyl groups excluding tert-OH is 5. The molecule has 0 spiro atoms. The molecular formula is C72H121NO8. The summed E-state index contributed by atoms with van der Waals surface area (Å²) >= 11 is 0. The van der Waals surface area contributed by atoms with E-state index in [1.54, 1.807) is 6.08 Å². The molecule has 462 valence electrons. The smallest absolute Gasteiger partial charge is 0.220 e. The summed E-state index contributed by atoms with van der Waals surface area (Å²) < 4.78 is 11.3. The van der Waals surface area contributed by atoms with Crippen molar-refractivity contribution in [3.63, 3.8) is 0 Å². The van der Waals surface area contributed by atoms with Crippen LogP contribution in [0.4, 0.5) is 0 Å². The van der Waals surface area contributed by atoms with Gasteiger partial charge in [0.05, 0.1) is 25.4 Å². The molecule has 9 heteroatoms. The van der Waals surface area contributed by atoms with Crippen molar-refractivity contribution >= 4 is 5.91 Å². The largest absolute Gasteiger partial charge is 0.394 e. The molecule has 1 saturated heterocycles. The van der Waals surface area contributed by atoms with Crippen molar-refractivity contribution in [1.82, 2.24) is 5.32 Å². The Morgan fingerprint density at radius 3 is 1.14 bits per heavy atom. The molecule has 1 heterocycles. The van der Waals surface area contributed by atoms with Gasteiger partial charge in [0.15, 0.2) is 6.29 Å². The highest BCUT2D eigenvalue weighted by molar-refractivity contribution is 5.76. The number of ether oxygens (including phenoxy) is 2. The molecule has 0 aromatic carbocycles. The molecule has 1 amide bonds. The molecule has 1 aliphatic heterocycles. The molecule has 1 aliphatic rings. The van der Waals surface area contributed by atoms with E-state index in [9.17, 15) is 30.3 Å². The van der Waals surface area contributed by atoms with E-state index in [-0.39, 0.29) is 18.9 Å². The van der Waals surface area contributed by atoms with E-state index in [0.29, 0.717) is 6.42 Å². The number of amides is 1. The van der Waals surface area contributed by atoms with Crippen LogP contribution >= 0.6 is 0 Å². The Labute approximate surface area is 496 Å². The van der Waals surface area contributed by atoms with Crippen molar-refractivity contribution in [2.24, 2.45) is 0 Å². The highest BCUT2D eigenvalue weighted by Gasteiger charge is 2.44. The van der Waals surface area contributed by atoms with Crippen LogP contribution in [0.2, 0.25) is 0 Å². The lowest BCUT2D eigenvalue weighted by Crippen LogP contribution is -2.60. The number of rotatable bonds is 55. The summed E-state index contributed by atoms with van der Waals surface area (Å²) in [6.07, 6.45) is 83.9. The highest BCUT2D eigenvalue weighted by Crippen LogP contribution is 2.23. The number of unbranched alkanes of at least 4 members (excludes halogenated alkanes) is 25. The molecule has 0 aromatic heterocycles. The van der Waals surface area contributed by atoms with Crippen molar-refractivity contribution in [1.29, 1.82) is 0 Å². The minimum absolute atomic E-state index is 0.214. The number of carbonyl (C=O) groups is 1. The monoisotopic (exact) mass is 1130 g/mol. The van der Waals surface area contributed by atoms with Gasteiger partial charge in [-0.2, -0.15) is 0 Å². The standard InChI is InChI=1S/C72H121NO8/c1-3-5-7-9-11-13-15-17-19-21-23-25-27-29-30-31-32-33-34-35-36-38-40-42-44-46-48-50-52-54-56-58-60-62-68(76)73-65(64-80-72-71(79)70(78)69(77)67(63-74)81-72)66(75)61-59-57-55-53-51-49-47-45-43-41-39-37-28-26-24-22-20-18-16-14-12-10-8-6-4-2/h5,7,11,13,17,19,23,25,29-30,32-33,35-36,40,42,46,48,52,54,59,61,65-67,69-72,74-75,77-79H,3-4,6,8-10,12,14-16,18,20-22,24,26-28,31,34,37-39,41,43-45,47,49-51,53,55-58,60,62-64H2,1-2H3,(H,73,76)/b7-5-,13-11-,19-17-,25-23-,30-29-,33-32-,36-35-,42-40-,48-46-,54-52-,61-59+. The van der Waals surface area contributed by atoms with Crippen LogP contribution < -0.4 is 5.32 Å². The normalized spacial score (nSPS) is 19.3. The zero-order valence-electron chi connectivity index (χ0n) is 51.5. The zero-order chi connectivity index (χ0) is 58.6. The van der Waals surface area contributed by atoms with Gasteiger partial charge in [-0.05, 0) is 96.3 Å². The van der Waals surface area contributed by atoms with Gasteiger partial charge in [-0.3, -0.25) is 4.79 Å². The van der Waals surface area contributed by atoms with Crippen LogP contribution in [0, 0.1) is 0 Å². The van der Waals surface area contributed by atoms with E-state index >= 15 is 0 Å². The van der Waals surface area contributed by atoms with Crippen LogP contribution in [0.25, 0.3) is 0 Å². The molecular weight excluding hydrogens is 1010 g/mol. The molecule has 1 rings (SSSR count). The Hall–Kier alpha value is -3.67. The van der Waals surface area contributed by atoms with Crippen molar-refractivity contribution in [2.75, 3.05) is 13.2 Å². The second kappa shape index (κ2) is 59.5. The fourth-order valence-corrected chi connectivity index (χ4v) is 9.60. The molecule has 0 bridgehead atoms. The maximum absolute atomic E-state index is 13.1. The Balaban J connectivity index is 2.25. The SMILES string of the molecule is CC/C=C\C/C=C\C/C=C\C/C=C\C/C=C\C/C=C\C/C=C\C/C=C\C/C=C\C/C=C\CCCCC(=O)NC(COC1OC(CO)C(O)C(O)C1O)C(O)/C=C/CCCCCCCCCCCCCCCCCCCCCCCCC. The van der Waals surface area contributed by atoms with E-state index in [1.807, 2.05) is 6.08 Å². The fraction of sp³-hybridized carbons (Fsp3) is 0.681. The first-order chi connectivity index (χ1) is 39.8. The van der Waals surface area contributed by atoms with Crippen molar-refractivity contribution in [3.05, 3.63) is 134 Å². The van der Waals surface area contributed by atoms with E-state index in [2.05, 4.69) is 141 Å². The quantitative estimate of drug-likeness (QED) is 0.0261. The third kappa shape index (κ3) is 48.4. The molecule has 7 unspecified atom stereocenters. The van der Waals surface area contributed by atoms with Gasteiger partial charge in [0, 0.05) is 6.42 Å². The van der Waals surface area contributed by atoms with Crippen LogP contribution in [0.15, 0.2) is 134 Å². The molecule has 81 heavy (non-hydrogen) atoms. The lowest BCUT2D eigenvalue weighted by Gasteiger charge is -2.40. The molecule has 6 N–H and O–H groups in total. The number of hydrogen-bond acceptors (Lipinski definition) is 8. The van der Waals surface area contributed by atoms with Crippen LogP contribution in [-0.4, -0.2) is 87.5 Å². The number of allylic oxidation sites excluding steroid dienone is 21. The fourth-order valence-electron chi connectivity index (χ4n) is 9.60. The predicted octanol–water partition coefficient (Wildman–Crippen LogP) is 17.6. The summed E-state index contributed by atoms with van der Waals surface area (Å²) in [5, 5.41) is 54.7. The number of aliphatic hydroxyl groups is 5. The van der Waals surface area contributed by atoms with Gasteiger partial charge in [-0.25, -0.2) is 0 Å². The number of hydrogen-bond donors (Lipinski definition) is 6. The highest BCUT2D eigenvalue weighted by atomic mass is 16.7. The van der Waals surface area contributed by atoms with E-state index in [1.165, 1.54) is 135 Å². The van der Waals surface area contributed by atoms with E-state index < -0.39 is 49.5 Å². The van der Waals surface area contributed by atoms with Gasteiger partial charge >= 0.3 is 0 Å². The van der Waals surface area contributed by atoms with Crippen molar-refractivity contribution in [3.8, 4) is 0 Å². The third-order valence-electron chi connectivity index (χ3n) is 14.7. The summed E-state index contributed by atoms with van der Waals surface area (Å²) in [7, 11) is 0. The Morgan fingerprint density at radius 1 is 0.432 bits per heavy atom. The summed E-state index contributed by atoms with van der Waals surface area (Å²) in [6, 6.07) is -0.840. The first kappa shape index (κ1) is 75.3. The Kier molecular flexibility index (Phi) is 55.3. The molecule has 7 atom stereocenters. The number of nitrogens with one attached hydrogen (secondary N) is 1. The maximum Gasteiger partial charge on any atom is 0.220 e. The zero-order valence-corrected chi connectivity index (χ0v) is 51.5. The lowest BCUT2D eigenvalue weighted by molar-refractivity contribution is -0.302. The Bertz CT molecular complexity index is 1740. The van der Waals surface area contributed by atoms with Crippen LogP contribution in [0.5, 0.6) is 0 Å². The summed E-state index contributed by atoms with van der Waals surface area (Å²) in [5.74, 6) is -0.222. The molecule has 0 aromatic rings. The molecule has 9 nitrogen and oxygen atoms in total. The second-order valence-electron chi connectivity index (χ2n) is 22.2. The molecule has 0 radical (unpaired) electrons. The average Bonchev–Trinajstić information content (AvgIpc) is 3.50. The lowest BCUT2D eigenvalue weighted by atomic mass is 9.99. The minimum Gasteiger partial charge on any atom is -0.394 e. The maximum atomic E-state index is 13.1. The molecule has 0 aliphatic carbocycles. The molecule has 0 saturated carbocycles. The number of carbonyl (C=O) groups excluding carboxylic acids is 1. The van der Waals surface area contributed by atoms with Crippen LogP contribution in [0.3, 0.4) is 0 Å². The van der Waals surface area contributed by atoms with Gasteiger partial charge < -0.3 is 40.3 Å². The topological polar surface area (TPSA) is 149 Å². The van der Waals surface area contributed by atoms with Gasteiger partial charge in [0.25, 0.3) is 0 Å². The first-order valence-corrected chi connectivity index (χ1v) is 32.9. The summed E-state index contributed by atoms with van der Waals surface area (Å²) in [4.78, 5) is 13.1. The first-order valence-electron chi connectivity index (χ1n) is 32.9. The van der Waals surface area contributed by atoms with Gasteiger partial charge in [0.2, 0.25) is 5.91 Å². The van der Waals surface area contributed by atoms with Crippen LogP contribution in [0.1, 0.15) is 258 Å². The predicted molar refractivity (Wildman–Crippen MR) is 345 cm³/mol. The minimum atomic E-state index is -1.58. The summed E-state index contributed by atoms with van der Waals surface area (Å²) in [6.45, 7) is 3.65.